The van der Waals surface area contributed by atoms with Crippen LogP contribution in [0.1, 0.15) is 12.8 Å². The van der Waals surface area contributed by atoms with Crippen molar-refractivity contribution in [2.24, 2.45) is 0 Å². The van der Waals surface area contributed by atoms with Crippen molar-refractivity contribution in [1.29, 1.82) is 0 Å². The Kier molecular flexibility index (Phi) is 3.53. The molecule has 0 fully saturated rings. The number of carbonyl (C=O) groups is 2. The Morgan fingerprint density at radius 2 is 1.90 bits per heavy atom. The van der Waals surface area contributed by atoms with Crippen molar-refractivity contribution in [2.45, 2.75) is 18.7 Å². The Hall–Kier alpha value is -0.995. The number of hydrogen-bond donors (Lipinski definition) is 2. The number of carboxylic acids is 2. The first-order chi connectivity index (χ1) is 4.54. The molecular weight excluding hydrogens is 135 g/mol. The molecule has 5 heteroatoms. The molecule has 0 aliphatic heterocycles. The van der Waals surface area contributed by atoms with Gasteiger partial charge in [0.1, 0.15) is 0 Å². The predicted octanol–water partition coefficient (Wildman–Crippen LogP) is -0.107. The standard InChI is InChI=1S/C5H7BO4/c6-3(5(9)10)1-2-4(7)8/h3H,1-2H2,(H,7,8)(H,9,10). The molecule has 0 aliphatic rings. The molecule has 2 radical (unpaired) electrons. The summed E-state index contributed by atoms with van der Waals surface area (Å²) in [5.41, 5.74) is 0. The van der Waals surface area contributed by atoms with E-state index < -0.39 is 17.8 Å². The lowest BCUT2D eigenvalue weighted by atomic mass is 9.84. The van der Waals surface area contributed by atoms with Crippen molar-refractivity contribution in [1.82, 2.24) is 0 Å². The number of hydrogen-bond acceptors (Lipinski definition) is 2. The van der Waals surface area contributed by atoms with Gasteiger partial charge in [0.15, 0.2) is 0 Å². The Bertz CT molecular complexity index is 145. The van der Waals surface area contributed by atoms with Crippen LogP contribution in [0.15, 0.2) is 0 Å². The van der Waals surface area contributed by atoms with E-state index in [2.05, 4.69) is 0 Å². The molecule has 0 aliphatic carbocycles. The third-order valence-corrected chi connectivity index (χ3v) is 0.986. The van der Waals surface area contributed by atoms with Gasteiger partial charge in [-0.25, -0.2) is 0 Å². The van der Waals surface area contributed by atoms with Crippen LogP contribution in [0.4, 0.5) is 0 Å². The third-order valence-electron chi connectivity index (χ3n) is 0.986. The third kappa shape index (κ3) is 3.94. The summed E-state index contributed by atoms with van der Waals surface area (Å²) in [5.74, 6) is -3.26. The summed E-state index contributed by atoms with van der Waals surface area (Å²) in [7, 11) is 5.00. The normalized spacial score (nSPS) is 12.4. The molecule has 10 heavy (non-hydrogen) atoms. The summed E-state index contributed by atoms with van der Waals surface area (Å²) in [5, 5.41) is 16.3. The smallest absolute Gasteiger partial charge is 0.303 e. The van der Waals surface area contributed by atoms with E-state index in [1.54, 1.807) is 0 Å². The summed E-state index contributed by atoms with van der Waals surface area (Å²) in [6, 6.07) is 0. The molecule has 0 rings (SSSR count). The van der Waals surface area contributed by atoms with Gasteiger partial charge in [0, 0.05) is 12.2 Å². The molecule has 2 N–H and O–H groups in total. The van der Waals surface area contributed by atoms with Gasteiger partial charge in [0.25, 0.3) is 5.97 Å². The van der Waals surface area contributed by atoms with E-state index in [1.807, 2.05) is 0 Å². The fourth-order valence-electron chi connectivity index (χ4n) is 0.402. The zero-order chi connectivity index (χ0) is 8.15. The Labute approximate surface area is 59.3 Å². The van der Waals surface area contributed by atoms with E-state index in [-0.39, 0.29) is 12.8 Å². The van der Waals surface area contributed by atoms with Crippen LogP contribution in [0.2, 0.25) is 5.82 Å². The van der Waals surface area contributed by atoms with Gasteiger partial charge in [0.2, 0.25) is 0 Å². The average molecular weight is 142 g/mol. The van der Waals surface area contributed by atoms with Crippen molar-refractivity contribution in [3.8, 4) is 0 Å². The highest BCUT2D eigenvalue weighted by Gasteiger charge is 2.11. The fraction of sp³-hybridized carbons (Fsp3) is 0.600. The van der Waals surface area contributed by atoms with Crippen molar-refractivity contribution in [3.63, 3.8) is 0 Å². The fourth-order valence-corrected chi connectivity index (χ4v) is 0.402. The minimum absolute atomic E-state index is 0.0231. The molecule has 0 spiro atoms. The van der Waals surface area contributed by atoms with Gasteiger partial charge in [-0.05, 0) is 6.42 Å². The summed E-state index contributed by atoms with van der Waals surface area (Å²) in [4.78, 5) is 19.9. The van der Waals surface area contributed by atoms with Crippen molar-refractivity contribution >= 4 is 19.8 Å². The second-order valence-corrected chi connectivity index (χ2v) is 1.88. The lowest BCUT2D eigenvalue weighted by Gasteiger charge is -2.01. The number of rotatable bonds is 4. The summed E-state index contributed by atoms with van der Waals surface area (Å²) in [6.07, 6.45) is -0.224. The first-order valence-corrected chi connectivity index (χ1v) is 2.74. The highest BCUT2D eigenvalue weighted by molar-refractivity contribution is 6.22. The topological polar surface area (TPSA) is 74.6 Å². The van der Waals surface area contributed by atoms with E-state index in [4.69, 9.17) is 18.1 Å². The highest BCUT2D eigenvalue weighted by Crippen LogP contribution is 2.07. The molecule has 0 saturated heterocycles. The monoisotopic (exact) mass is 142 g/mol. The summed E-state index contributed by atoms with van der Waals surface area (Å²) >= 11 is 0. The quantitative estimate of drug-likeness (QED) is 0.537. The molecule has 0 aromatic rings. The average Bonchev–Trinajstić information content (AvgIpc) is 1.82. The maximum Gasteiger partial charge on any atom is 0.303 e. The molecule has 0 bridgehead atoms. The van der Waals surface area contributed by atoms with Crippen molar-refractivity contribution < 1.29 is 19.8 Å². The van der Waals surface area contributed by atoms with E-state index in [9.17, 15) is 9.59 Å². The number of aliphatic carboxylic acids is 2. The first kappa shape index (κ1) is 9.00. The van der Waals surface area contributed by atoms with E-state index >= 15 is 0 Å². The molecule has 0 amide bonds. The van der Waals surface area contributed by atoms with Crippen LogP contribution >= 0.6 is 0 Å². The van der Waals surface area contributed by atoms with E-state index in [0.29, 0.717) is 0 Å². The van der Waals surface area contributed by atoms with Gasteiger partial charge in [-0.1, -0.05) is 0 Å². The first-order valence-electron chi connectivity index (χ1n) is 2.74. The Balaban J connectivity index is 3.49. The van der Waals surface area contributed by atoms with Crippen LogP contribution in [-0.2, 0) is 9.59 Å². The molecule has 0 saturated carbocycles. The van der Waals surface area contributed by atoms with Gasteiger partial charge in [-0.2, -0.15) is 0 Å². The molecule has 1 unspecified atom stereocenters. The molecule has 4 nitrogen and oxygen atoms in total. The van der Waals surface area contributed by atoms with Crippen molar-refractivity contribution in [2.75, 3.05) is 0 Å². The number of carboxylic acid groups (broad SMARTS) is 2. The molecular formula is C5H7BO4. The predicted molar refractivity (Wildman–Crippen MR) is 34.0 cm³/mol. The van der Waals surface area contributed by atoms with Crippen LogP contribution in [0.3, 0.4) is 0 Å². The molecule has 0 aromatic heterocycles. The summed E-state index contributed by atoms with van der Waals surface area (Å²) in [6.45, 7) is 0. The van der Waals surface area contributed by atoms with Crippen LogP contribution in [0, 0.1) is 0 Å². The van der Waals surface area contributed by atoms with Crippen LogP contribution < -0.4 is 0 Å². The van der Waals surface area contributed by atoms with Gasteiger partial charge in [-0.15, -0.1) is 0 Å². The van der Waals surface area contributed by atoms with Gasteiger partial charge in [-0.3, -0.25) is 9.59 Å². The zero-order valence-corrected chi connectivity index (χ0v) is 5.28. The Morgan fingerprint density at radius 3 is 2.20 bits per heavy atom. The van der Waals surface area contributed by atoms with E-state index in [1.165, 1.54) is 0 Å². The molecule has 1 atom stereocenters. The SMILES string of the molecule is [B]C(CCC(=O)O)C(=O)O. The van der Waals surface area contributed by atoms with Gasteiger partial charge < -0.3 is 10.2 Å². The largest absolute Gasteiger partial charge is 0.482 e. The van der Waals surface area contributed by atoms with Crippen molar-refractivity contribution in [3.05, 3.63) is 0 Å². The lowest BCUT2D eigenvalue weighted by Crippen LogP contribution is -2.09. The molecule has 0 aromatic carbocycles. The highest BCUT2D eigenvalue weighted by atomic mass is 16.4. The minimum Gasteiger partial charge on any atom is -0.482 e. The second-order valence-electron chi connectivity index (χ2n) is 1.88. The van der Waals surface area contributed by atoms with Gasteiger partial charge >= 0.3 is 5.97 Å². The second kappa shape index (κ2) is 3.92. The zero-order valence-electron chi connectivity index (χ0n) is 5.28. The minimum atomic E-state index is -1.17. The van der Waals surface area contributed by atoms with Crippen LogP contribution in [-0.4, -0.2) is 30.0 Å². The van der Waals surface area contributed by atoms with E-state index in [0.717, 1.165) is 0 Å². The maximum atomic E-state index is 9.99. The van der Waals surface area contributed by atoms with Crippen LogP contribution in [0.5, 0.6) is 0 Å². The maximum absolute atomic E-state index is 9.99. The Morgan fingerprint density at radius 1 is 1.40 bits per heavy atom. The lowest BCUT2D eigenvalue weighted by molar-refractivity contribution is -0.138. The molecule has 0 heterocycles. The molecule has 54 valence electrons. The van der Waals surface area contributed by atoms with Crippen LogP contribution in [0.25, 0.3) is 0 Å². The van der Waals surface area contributed by atoms with Gasteiger partial charge in [0.05, 0.1) is 7.85 Å². The summed E-state index contributed by atoms with van der Waals surface area (Å²) < 4.78 is 0.